The van der Waals surface area contributed by atoms with E-state index in [2.05, 4.69) is 20.8 Å². The van der Waals surface area contributed by atoms with Crippen molar-refractivity contribution in [3.05, 3.63) is 35.4 Å². The monoisotopic (exact) mass is 293 g/mol. The Balaban J connectivity index is 2.89. The summed E-state index contributed by atoms with van der Waals surface area (Å²) in [6.45, 7) is 6.23. The molecule has 0 heterocycles. The number of benzene rings is 1. The second kappa shape index (κ2) is 5.01. The van der Waals surface area contributed by atoms with Crippen LogP contribution in [-0.4, -0.2) is 5.91 Å². The van der Waals surface area contributed by atoms with Gasteiger partial charge in [-0.2, -0.15) is 0 Å². The molecule has 0 aliphatic heterocycles. The number of carbonyl (C=O) groups is 1. The molecule has 0 radical (unpaired) electrons. The molecule has 17 heavy (non-hydrogen) atoms. The van der Waals surface area contributed by atoms with E-state index < -0.39 is 11.9 Å². The second-order valence-corrected chi connectivity index (χ2v) is 9.25. The van der Waals surface area contributed by atoms with Gasteiger partial charge in [0, 0.05) is 5.56 Å². The van der Waals surface area contributed by atoms with Crippen LogP contribution >= 0.6 is 28.5 Å². The maximum Gasteiger partial charge on any atom is 0.345 e. The summed E-state index contributed by atoms with van der Waals surface area (Å²) in [5.41, 5.74) is 1.50. The molecule has 1 N–H and O–H groups in total. The summed E-state index contributed by atoms with van der Waals surface area (Å²) in [4.78, 5) is 11.6. The molecule has 6 heteroatoms. The first kappa shape index (κ1) is 14.6. The van der Waals surface area contributed by atoms with Crippen molar-refractivity contribution < 1.29 is 9.36 Å². The van der Waals surface area contributed by atoms with Crippen molar-refractivity contribution in [2.45, 2.75) is 26.2 Å². The van der Waals surface area contributed by atoms with Gasteiger partial charge in [0.1, 0.15) is 0 Å². The van der Waals surface area contributed by atoms with Gasteiger partial charge >= 0.3 is 6.00 Å². The molecule has 0 saturated carbocycles. The van der Waals surface area contributed by atoms with Gasteiger partial charge in [-0.05, 0) is 45.6 Å². The summed E-state index contributed by atoms with van der Waals surface area (Å²) in [5.74, 6) is -4.13. The number of hydrogen-bond acceptors (Lipinski definition) is 2. The number of rotatable bonds is 2. The first-order valence-corrected chi connectivity index (χ1v) is 8.54. The van der Waals surface area contributed by atoms with E-state index in [1.54, 1.807) is 12.1 Å². The molecule has 0 atom stereocenters. The lowest BCUT2D eigenvalue weighted by molar-refractivity contribution is 0.0982. The molecular weight excluding hydrogens is 280 g/mol. The zero-order valence-electron chi connectivity index (χ0n) is 9.83. The average Bonchev–Trinajstić information content (AvgIpc) is 2.14. The first-order chi connectivity index (χ1) is 7.59. The summed E-state index contributed by atoms with van der Waals surface area (Å²) >= 11 is 10.5. The molecule has 0 aliphatic carbocycles. The maximum atomic E-state index is 11.6. The number of amides is 1. The predicted octanol–water partition coefficient (Wildman–Crippen LogP) is 4.30. The van der Waals surface area contributed by atoms with Crippen LogP contribution < -0.4 is 5.09 Å². The Morgan fingerprint density at radius 2 is 1.65 bits per heavy atom. The van der Waals surface area contributed by atoms with Gasteiger partial charge in [0.05, 0.1) is 0 Å². The zero-order chi connectivity index (χ0) is 13.3. The third kappa shape index (κ3) is 4.71. The van der Waals surface area contributed by atoms with E-state index in [1.807, 2.05) is 17.2 Å². The van der Waals surface area contributed by atoms with Crippen LogP contribution in [-0.2, 0) is 9.98 Å². The molecule has 1 aromatic carbocycles. The molecule has 0 saturated heterocycles. The molecule has 1 amide bonds. The van der Waals surface area contributed by atoms with Crippen LogP contribution in [0.15, 0.2) is 24.3 Å². The summed E-state index contributed by atoms with van der Waals surface area (Å²) in [6.07, 6.45) is 0. The highest BCUT2D eigenvalue weighted by atomic mass is 35.9. The van der Waals surface area contributed by atoms with Crippen LogP contribution in [0.25, 0.3) is 0 Å². The molecule has 0 unspecified atom stereocenters. The van der Waals surface area contributed by atoms with Crippen LogP contribution in [0.4, 0.5) is 0 Å². The Morgan fingerprint density at radius 3 is 2.00 bits per heavy atom. The van der Waals surface area contributed by atoms with E-state index in [4.69, 9.17) is 22.5 Å². The zero-order valence-corrected chi connectivity index (χ0v) is 12.2. The van der Waals surface area contributed by atoms with E-state index >= 15 is 0 Å². The largest absolute Gasteiger partial charge is 0.345 e. The SMILES string of the molecule is CC(C)(C)c1ccc(C(=O)NP(=O)(Cl)Cl)cc1. The topological polar surface area (TPSA) is 46.2 Å². The number of hydrogen-bond donors (Lipinski definition) is 1. The maximum absolute atomic E-state index is 11.6. The van der Waals surface area contributed by atoms with Gasteiger partial charge in [-0.3, -0.25) is 14.4 Å². The quantitative estimate of drug-likeness (QED) is 0.827. The molecule has 3 nitrogen and oxygen atoms in total. The average molecular weight is 294 g/mol. The molecular formula is C11H14Cl2NO2P. The normalized spacial score (nSPS) is 12.3. The summed E-state index contributed by atoms with van der Waals surface area (Å²) < 4.78 is 11.0. The molecule has 0 spiro atoms. The Morgan fingerprint density at radius 1 is 1.18 bits per heavy atom. The van der Waals surface area contributed by atoms with Crippen molar-refractivity contribution in [1.29, 1.82) is 0 Å². The Labute approximate surface area is 111 Å². The van der Waals surface area contributed by atoms with Crippen LogP contribution in [0.1, 0.15) is 36.7 Å². The number of nitrogens with one attached hydrogen (secondary N) is 1. The van der Waals surface area contributed by atoms with Gasteiger partial charge in [0.15, 0.2) is 0 Å². The van der Waals surface area contributed by atoms with Crippen LogP contribution in [0.2, 0.25) is 0 Å². The third-order valence-electron chi connectivity index (χ3n) is 2.24. The van der Waals surface area contributed by atoms with Gasteiger partial charge < -0.3 is 0 Å². The van der Waals surface area contributed by atoms with Gasteiger partial charge in [-0.15, -0.1) is 0 Å². The Kier molecular flexibility index (Phi) is 4.29. The minimum Gasteiger partial charge on any atom is -0.279 e. The van der Waals surface area contributed by atoms with Crippen molar-refractivity contribution in [2.24, 2.45) is 0 Å². The van der Waals surface area contributed by atoms with Gasteiger partial charge in [-0.25, -0.2) is 0 Å². The fourth-order valence-electron chi connectivity index (χ4n) is 1.30. The van der Waals surface area contributed by atoms with Crippen molar-refractivity contribution in [2.75, 3.05) is 0 Å². The smallest absolute Gasteiger partial charge is 0.279 e. The van der Waals surface area contributed by atoms with E-state index in [0.717, 1.165) is 5.56 Å². The van der Waals surface area contributed by atoms with Crippen LogP contribution in [0.3, 0.4) is 0 Å². The van der Waals surface area contributed by atoms with Gasteiger partial charge in [0.2, 0.25) is 0 Å². The predicted molar refractivity (Wildman–Crippen MR) is 71.9 cm³/mol. The van der Waals surface area contributed by atoms with Crippen molar-refractivity contribution in [3.63, 3.8) is 0 Å². The highest BCUT2D eigenvalue weighted by molar-refractivity contribution is 8.07. The Bertz CT molecular complexity index is 459. The van der Waals surface area contributed by atoms with Crippen molar-refractivity contribution in [1.82, 2.24) is 5.09 Å². The highest BCUT2D eigenvalue weighted by Crippen LogP contribution is 2.52. The van der Waals surface area contributed by atoms with Gasteiger partial charge in [-0.1, -0.05) is 32.9 Å². The minimum absolute atomic E-state index is 0.0171. The standard InChI is InChI=1S/C11H14Cl2NO2P/c1-11(2,3)9-6-4-8(5-7-9)10(15)14-17(12,13)16/h4-7H,1-3H3,(H,14,15,16). The molecule has 0 aromatic heterocycles. The summed E-state index contributed by atoms with van der Waals surface area (Å²) in [6, 6.07) is 7.00. The summed E-state index contributed by atoms with van der Waals surface area (Å²) in [7, 11) is 0. The van der Waals surface area contributed by atoms with E-state index in [0.29, 0.717) is 5.56 Å². The van der Waals surface area contributed by atoms with Crippen LogP contribution in [0.5, 0.6) is 0 Å². The lowest BCUT2D eigenvalue weighted by Gasteiger charge is -2.19. The second-order valence-electron chi connectivity index (χ2n) is 4.73. The fraction of sp³-hybridized carbons (Fsp3) is 0.364. The summed E-state index contributed by atoms with van der Waals surface area (Å²) in [5, 5.41) is 2.04. The molecule has 1 aromatic rings. The van der Waals surface area contributed by atoms with Gasteiger partial charge in [0.25, 0.3) is 5.91 Å². The lowest BCUT2D eigenvalue weighted by atomic mass is 9.87. The van der Waals surface area contributed by atoms with Crippen molar-refractivity contribution in [3.8, 4) is 0 Å². The first-order valence-electron chi connectivity index (χ1n) is 5.02. The number of halogens is 2. The van der Waals surface area contributed by atoms with Crippen molar-refractivity contribution >= 4 is 34.4 Å². The highest BCUT2D eigenvalue weighted by Gasteiger charge is 2.19. The Hall–Kier alpha value is -0.500. The minimum atomic E-state index is -3.59. The molecule has 0 bridgehead atoms. The molecule has 0 fully saturated rings. The van der Waals surface area contributed by atoms with E-state index in [1.165, 1.54) is 0 Å². The lowest BCUT2D eigenvalue weighted by Crippen LogP contribution is -2.17. The molecule has 1 rings (SSSR count). The third-order valence-corrected chi connectivity index (χ3v) is 3.22. The fourth-order valence-corrected chi connectivity index (χ4v) is 2.13. The number of carbonyl (C=O) groups excluding carboxylic acids is 1. The van der Waals surface area contributed by atoms with Crippen LogP contribution in [0, 0.1) is 0 Å². The molecule has 94 valence electrons. The van der Waals surface area contributed by atoms with E-state index in [-0.39, 0.29) is 5.41 Å². The van der Waals surface area contributed by atoms with E-state index in [9.17, 15) is 9.36 Å². The molecule has 0 aliphatic rings.